The third-order valence-electron chi connectivity index (χ3n) is 0. The van der Waals surface area contributed by atoms with Crippen LogP contribution >= 0.6 is 0 Å². The third-order valence-corrected chi connectivity index (χ3v) is 0. The Hall–Kier alpha value is 1.62. The summed E-state index contributed by atoms with van der Waals surface area (Å²) in [5, 5.41) is 0. The summed E-state index contributed by atoms with van der Waals surface area (Å²) in [5.74, 6) is 0. The Labute approximate surface area is 52.5 Å². The summed E-state index contributed by atoms with van der Waals surface area (Å²) in [6.07, 6.45) is 2.37. The smallest absolute Gasteiger partial charge is 0 e. The Morgan fingerprint density at radius 2 is 1.75 bits per heavy atom. The van der Waals surface area contributed by atoms with E-state index in [1.807, 2.05) is 0 Å². The van der Waals surface area contributed by atoms with E-state index in [9.17, 15) is 0 Å². The molecule has 0 aliphatic carbocycles. The van der Waals surface area contributed by atoms with Gasteiger partial charge in [0.05, 0.1) is 0 Å². The van der Waals surface area contributed by atoms with E-state index in [-0.39, 0.29) is 38.0 Å². The molecule has 18 valence electrons. The minimum Gasteiger partial charge on any atom is 0 e. The summed E-state index contributed by atoms with van der Waals surface area (Å²) in [6.45, 7) is 0. The molecule has 0 N–H and O–H groups in total. The van der Waals surface area contributed by atoms with E-state index >= 15 is 0 Å². The molecule has 0 rings (SSSR count). The van der Waals surface area contributed by atoms with E-state index in [1.165, 1.54) is 0 Å². The number of hydrogen-bond donors (Lipinski definition) is 0. The largest absolute Gasteiger partial charge is 0 e. The molecular formula is H5BSiTiZn. The van der Waals surface area contributed by atoms with Gasteiger partial charge in [0.2, 0.25) is 0 Å². The van der Waals surface area contributed by atoms with Crippen molar-refractivity contribution in [1.82, 2.24) is 0 Å². The van der Waals surface area contributed by atoms with Crippen molar-refractivity contribution in [2.45, 2.75) is 0 Å². The van der Waals surface area contributed by atoms with Gasteiger partial charge in [-0.1, -0.05) is 0 Å². The molecule has 0 atom stereocenters. The van der Waals surface area contributed by atoms with Crippen LogP contribution in [0.3, 0.4) is 0 Å². The zero-order valence-corrected chi connectivity index (χ0v) is 9.74. The topological polar surface area (TPSA) is 0 Å². The summed E-state index contributed by atoms with van der Waals surface area (Å²) in [7, 11) is 1.56. The molecule has 0 bridgehead atoms. The number of rotatable bonds is 0. The molecule has 4 heavy (non-hydrogen) atoms. The normalized spacial score (nSPS) is 3.00. The average molecular weight is 157 g/mol. The van der Waals surface area contributed by atoms with Gasteiger partial charge in [-0.3, -0.25) is 0 Å². The first-order valence-corrected chi connectivity index (χ1v) is 14.7. The van der Waals surface area contributed by atoms with Gasteiger partial charge in [-0.05, 0) is 0 Å². The first-order valence-electron chi connectivity index (χ1n) is 1.41. The van der Waals surface area contributed by atoms with Crippen LogP contribution in [-0.4, -0.2) is 14.8 Å². The van der Waals surface area contributed by atoms with Crippen molar-refractivity contribution in [2.24, 2.45) is 0 Å². The van der Waals surface area contributed by atoms with Crippen molar-refractivity contribution in [1.29, 1.82) is 0 Å². The fourth-order valence-electron chi connectivity index (χ4n) is 0. The molecule has 0 heterocycles. The summed E-state index contributed by atoms with van der Waals surface area (Å²) >= 11 is 0.264. The minimum atomic E-state index is 0. The molecule has 0 aromatic carbocycles. The predicted octanol–water partition coefficient (Wildman–Crippen LogP) is -2.11. The van der Waals surface area contributed by atoms with Gasteiger partial charge in [-0.2, -0.15) is 0 Å². The van der Waals surface area contributed by atoms with Crippen LogP contribution in [0.4, 0.5) is 0 Å². The maximum Gasteiger partial charge on any atom is 0 e. The Bertz CT molecular complexity index is 8.00. The van der Waals surface area contributed by atoms with Crippen LogP contribution in [0.15, 0.2) is 0 Å². The second kappa shape index (κ2) is 8.82. The van der Waals surface area contributed by atoms with Crippen LogP contribution in [0.1, 0.15) is 0 Å². The Kier molecular flexibility index (Phi) is 20.2. The molecule has 0 saturated carbocycles. The monoisotopic (exact) mass is 156 g/mol. The third kappa shape index (κ3) is 9.47. The molecule has 4 heteroatoms. The molecule has 0 aromatic heterocycles. The summed E-state index contributed by atoms with van der Waals surface area (Å²) in [4.78, 5) is 0. The molecule has 0 amide bonds. The van der Waals surface area contributed by atoms with Crippen LogP contribution in [0, 0.1) is 0 Å². The van der Waals surface area contributed by atoms with Crippen LogP contribution in [0.25, 0.3) is 0 Å². The summed E-state index contributed by atoms with van der Waals surface area (Å²) in [6, 6.07) is 0. The van der Waals surface area contributed by atoms with Gasteiger partial charge in [0.15, 0.2) is 0 Å². The molecule has 0 aliphatic heterocycles. The Balaban J connectivity index is 0. The molecule has 0 nitrogen and oxygen atoms in total. The standard InChI is InChI=1S/BH2.H3Si.Ti.Zn/h1H2;1H3;;/q+1;;;-1. The molecule has 0 aliphatic rings. The van der Waals surface area contributed by atoms with Crippen molar-refractivity contribution in [3.05, 3.63) is 0 Å². The maximum absolute atomic E-state index is 2.37. The first kappa shape index (κ1) is 9.15. The van der Waals surface area contributed by atoms with Gasteiger partial charge in [-0.15, -0.1) is 0 Å². The van der Waals surface area contributed by atoms with Crippen LogP contribution in [0.5, 0.6) is 0 Å². The zero-order valence-electron chi connectivity index (χ0n) is 3.21. The van der Waals surface area contributed by atoms with E-state index in [2.05, 4.69) is 6.33 Å². The average Bonchev–Trinajstić information content (AvgIpc) is 0.918. The molecule has 0 aromatic rings. The van der Waals surface area contributed by atoms with Gasteiger partial charge >= 0.3 is 31.0 Å². The van der Waals surface area contributed by atoms with Gasteiger partial charge in [0.1, 0.15) is 0 Å². The molecule has 0 radical (unpaired) electrons. The van der Waals surface area contributed by atoms with Crippen molar-refractivity contribution in [3.63, 3.8) is 0 Å². The van der Waals surface area contributed by atoms with E-state index < -0.39 is 0 Å². The second-order valence-electron chi connectivity index (χ2n) is 0.707. The van der Waals surface area contributed by atoms with Gasteiger partial charge < -0.3 is 0 Å². The molecule has 0 unspecified atom stereocenters. The van der Waals surface area contributed by atoms with Crippen molar-refractivity contribution in [2.75, 3.05) is 0 Å². The van der Waals surface area contributed by atoms with E-state index in [0.29, 0.717) is 0 Å². The van der Waals surface area contributed by atoms with Crippen LogP contribution in [0.2, 0.25) is 0 Å². The SMILES string of the molecule is [BH2][Zn][SiH3].[Ti]. The van der Waals surface area contributed by atoms with Crippen LogP contribution in [-0.2, 0) is 38.0 Å². The fourth-order valence-corrected chi connectivity index (χ4v) is 0. The Morgan fingerprint density at radius 3 is 1.75 bits per heavy atom. The summed E-state index contributed by atoms with van der Waals surface area (Å²) < 4.78 is 0. The van der Waals surface area contributed by atoms with Crippen molar-refractivity contribution in [3.8, 4) is 0 Å². The fraction of sp³-hybridized carbons (Fsp3) is 0. The minimum absolute atomic E-state index is 0. The quantitative estimate of drug-likeness (QED) is 0.353. The predicted molar refractivity (Wildman–Crippen MR) is 18.5 cm³/mol. The molecule has 0 saturated heterocycles. The maximum atomic E-state index is 2.37. The van der Waals surface area contributed by atoms with E-state index in [0.717, 1.165) is 0 Å². The number of hydrogen-bond acceptors (Lipinski definition) is 0. The van der Waals surface area contributed by atoms with Gasteiger partial charge in [-0.25, -0.2) is 0 Å². The van der Waals surface area contributed by atoms with Gasteiger partial charge in [0.25, 0.3) is 0 Å². The zero-order chi connectivity index (χ0) is 2.71. The van der Waals surface area contributed by atoms with Crippen molar-refractivity contribution >= 4 is 14.8 Å². The molecule has 0 spiro atoms. The Morgan fingerprint density at radius 1 is 1.75 bits per heavy atom. The first-order chi connectivity index (χ1) is 1.41. The van der Waals surface area contributed by atoms with Crippen LogP contribution < -0.4 is 0 Å². The molecular weight excluding hydrogens is 152 g/mol. The van der Waals surface area contributed by atoms with Crippen molar-refractivity contribution < 1.29 is 38.0 Å². The van der Waals surface area contributed by atoms with E-state index in [1.54, 1.807) is 8.47 Å². The van der Waals surface area contributed by atoms with Gasteiger partial charge in [0, 0.05) is 21.7 Å². The second-order valence-corrected chi connectivity index (χ2v) is 11.0. The summed E-state index contributed by atoms with van der Waals surface area (Å²) in [5.41, 5.74) is 0. The molecule has 0 fully saturated rings. The van der Waals surface area contributed by atoms with E-state index in [4.69, 9.17) is 0 Å².